The van der Waals surface area contributed by atoms with Crippen LogP contribution in [0, 0.1) is 0 Å². The van der Waals surface area contributed by atoms with Crippen LogP contribution in [0.3, 0.4) is 0 Å². The van der Waals surface area contributed by atoms with E-state index >= 15 is 0 Å². The molecule has 0 bridgehead atoms. The van der Waals surface area contributed by atoms with Gasteiger partial charge in [0.05, 0.1) is 30.4 Å². The molecule has 2 aromatic rings. The number of rotatable bonds is 7. The highest BCUT2D eigenvalue weighted by atomic mass is 16.5. The second kappa shape index (κ2) is 7.19. The molecular weight excluding hydrogens is 306 g/mol. The van der Waals surface area contributed by atoms with Crippen molar-refractivity contribution in [3.63, 3.8) is 0 Å². The van der Waals surface area contributed by atoms with Crippen LogP contribution in [0.4, 0.5) is 0 Å². The lowest BCUT2D eigenvalue weighted by atomic mass is 10.1. The van der Waals surface area contributed by atoms with Gasteiger partial charge in [0.2, 0.25) is 0 Å². The maximum Gasteiger partial charge on any atom is 0.261 e. The Balaban J connectivity index is 1.71. The minimum absolute atomic E-state index is 0.0558. The molecule has 3 rings (SSSR count). The highest BCUT2D eigenvalue weighted by Crippen LogP contribution is 2.25. The molecule has 1 aliphatic heterocycles. The molecule has 1 heterocycles. The molecule has 0 fully saturated rings. The van der Waals surface area contributed by atoms with Gasteiger partial charge in [-0.05, 0) is 17.7 Å². The molecule has 2 amide bonds. The van der Waals surface area contributed by atoms with Crippen molar-refractivity contribution in [2.24, 2.45) is 0 Å². The minimum Gasteiger partial charge on any atom is -0.375 e. The van der Waals surface area contributed by atoms with E-state index in [0.29, 0.717) is 24.0 Å². The van der Waals surface area contributed by atoms with Crippen LogP contribution in [0.1, 0.15) is 32.7 Å². The van der Waals surface area contributed by atoms with Crippen molar-refractivity contribution in [3.05, 3.63) is 71.3 Å². The number of nitrogens with zero attached hydrogens (tertiary/aromatic N) is 1. The highest BCUT2D eigenvalue weighted by Gasteiger charge is 2.39. The Labute approximate surface area is 139 Å². The smallest absolute Gasteiger partial charge is 0.261 e. The third-order valence-electron chi connectivity index (χ3n) is 3.98. The SMILES string of the molecule is O=CCC(COCc1ccccc1)N1C(=O)c2ccccc2C1=O. The fraction of sp³-hybridized carbons (Fsp3) is 0.211. The van der Waals surface area contributed by atoms with Gasteiger partial charge in [-0.1, -0.05) is 42.5 Å². The van der Waals surface area contributed by atoms with E-state index in [1.54, 1.807) is 24.3 Å². The Kier molecular flexibility index (Phi) is 4.82. The number of ether oxygens (including phenoxy) is 1. The summed E-state index contributed by atoms with van der Waals surface area (Å²) in [6.07, 6.45) is 0.764. The third kappa shape index (κ3) is 3.12. The first-order valence-corrected chi connectivity index (χ1v) is 7.74. The molecule has 1 atom stereocenters. The van der Waals surface area contributed by atoms with Crippen LogP contribution in [0.25, 0.3) is 0 Å². The monoisotopic (exact) mass is 323 g/mol. The molecule has 0 aliphatic carbocycles. The highest BCUT2D eigenvalue weighted by molar-refractivity contribution is 6.21. The lowest BCUT2D eigenvalue weighted by Crippen LogP contribution is -2.43. The molecule has 0 saturated carbocycles. The third-order valence-corrected chi connectivity index (χ3v) is 3.98. The van der Waals surface area contributed by atoms with Crippen molar-refractivity contribution in [3.8, 4) is 0 Å². The standard InChI is InChI=1S/C19H17NO4/c21-11-10-15(13-24-12-14-6-2-1-3-7-14)20-18(22)16-8-4-5-9-17(16)19(20)23/h1-9,11,15H,10,12-13H2. The Hall–Kier alpha value is -2.79. The number of carbonyl (C=O) groups is 3. The number of hydrogen-bond acceptors (Lipinski definition) is 4. The van der Waals surface area contributed by atoms with Gasteiger partial charge in [0, 0.05) is 6.42 Å². The van der Waals surface area contributed by atoms with Crippen molar-refractivity contribution >= 4 is 18.1 Å². The Morgan fingerprint density at radius 3 is 2.08 bits per heavy atom. The predicted octanol–water partition coefficient (Wildman–Crippen LogP) is 2.46. The summed E-state index contributed by atoms with van der Waals surface area (Å²) < 4.78 is 5.64. The van der Waals surface area contributed by atoms with E-state index in [0.717, 1.165) is 10.5 Å². The molecule has 122 valence electrons. The van der Waals surface area contributed by atoms with Crippen LogP contribution in [0.2, 0.25) is 0 Å². The second-order valence-electron chi connectivity index (χ2n) is 5.58. The average Bonchev–Trinajstić information content (AvgIpc) is 2.87. The molecule has 0 N–H and O–H groups in total. The number of amides is 2. The van der Waals surface area contributed by atoms with Crippen LogP contribution >= 0.6 is 0 Å². The molecule has 0 radical (unpaired) electrons. The topological polar surface area (TPSA) is 63.7 Å². The van der Waals surface area contributed by atoms with E-state index in [4.69, 9.17) is 4.74 Å². The Morgan fingerprint density at radius 2 is 1.50 bits per heavy atom. The van der Waals surface area contributed by atoms with Crippen LogP contribution < -0.4 is 0 Å². The predicted molar refractivity (Wildman–Crippen MR) is 87.5 cm³/mol. The number of hydrogen-bond donors (Lipinski definition) is 0. The number of aldehydes is 1. The summed E-state index contributed by atoms with van der Waals surface area (Å²) in [5.41, 5.74) is 1.74. The van der Waals surface area contributed by atoms with Gasteiger partial charge < -0.3 is 9.53 Å². The van der Waals surface area contributed by atoms with E-state index in [9.17, 15) is 14.4 Å². The Morgan fingerprint density at radius 1 is 0.917 bits per heavy atom. The number of fused-ring (bicyclic) bond motifs is 1. The van der Waals surface area contributed by atoms with Gasteiger partial charge in [-0.15, -0.1) is 0 Å². The minimum atomic E-state index is -0.599. The molecule has 1 unspecified atom stereocenters. The van der Waals surface area contributed by atoms with Crippen molar-refractivity contribution in [1.82, 2.24) is 4.90 Å². The van der Waals surface area contributed by atoms with E-state index in [-0.39, 0.29) is 24.8 Å². The molecular formula is C19H17NO4. The van der Waals surface area contributed by atoms with Crippen LogP contribution in [-0.4, -0.2) is 35.6 Å². The molecule has 0 aromatic heterocycles. The number of benzene rings is 2. The number of carbonyl (C=O) groups excluding carboxylic acids is 3. The molecule has 1 aliphatic rings. The quantitative estimate of drug-likeness (QED) is 0.580. The van der Waals surface area contributed by atoms with E-state index in [1.807, 2.05) is 30.3 Å². The van der Waals surface area contributed by atoms with Crippen molar-refractivity contribution in [2.75, 3.05) is 6.61 Å². The fourth-order valence-corrected chi connectivity index (χ4v) is 2.79. The van der Waals surface area contributed by atoms with E-state index in [1.165, 1.54) is 0 Å². The summed E-state index contributed by atoms with van der Waals surface area (Å²) in [6.45, 7) is 0.485. The van der Waals surface area contributed by atoms with E-state index < -0.39 is 6.04 Å². The maximum absolute atomic E-state index is 12.5. The summed E-state index contributed by atoms with van der Waals surface area (Å²) >= 11 is 0. The summed E-state index contributed by atoms with van der Waals surface area (Å²) in [5.74, 6) is -0.739. The number of imide groups is 1. The Bertz CT molecular complexity index is 722. The molecule has 0 spiro atoms. The average molecular weight is 323 g/mol. The van der Waals surface area contributed by atoms with E-state index in [2.05, 4.69) is 0 Å². The lowest BCUT2D eigenvalue weighted by Gasteiger charge is -2.24. The first-order chi connectivity index (χ1) is 11.7. The van der Waals surface area contributed by atoms with Crippen molar-refractivity contribution in [2.45, 2.75) is 19.1 Å². The largest absolute Gasteiger partial charge is 0.375 e. The van der Waals surface area contributed by atoms with Gasteiger partial charge >= 0.3 is 0 Å². The van der Waals surface area contributed by atoms with Gasteiger partial charge in [0.1, 0.15) is 6.29 Å². The van der Waals surface area contributed by atoms with Gasteiger partial charge in [-0.2, -0.15) is 0 Å². The summed E-state index contributed by atoms with van der Waals surface area (Å²) in [6, 6.07) is 15.7. The van der Waals surface area contributed by atoms with Gasteiger partial charge in [0.15, 0.2) is 0 Å². The van der Waals surface area contributed by atoms with Crippen LogP contribution in [0.5, 0.6) is 0 Å². The van der Waals surface area contributed by atoms with Crippen molar-refractivity contribution in [1.29, 1.82) is 0 Å². The summed E-state index contributed by atoms with van der Waals surface area (Å²) in [7, 11) is 0. The normalized spacial score (nSPS) is 14.6. The first-order valence-electron chi connectivity index (χ1n) is 7.74. The second-order valence-corrected chi connectivity index (χ2v) is 5.58. The maximum atomic E-state index is 12.5. The zero-order chi connectivity index (χ0) is 16.9. The summed E-state index contributed by atoms with van der Waals surface area (Å²) in [4.78, 5) is 37.1. The first kappa shape index (κ1) is 16.1. The zero-order valence-electron chi connectivity index (χ0n) is 13.1. The van der Waals surface area contributed by atoms with Crippen LogP contribution in [-0.2, 0) is 16.1 Å². The van der Waals surface area contributed by atoms with Gasteiger partial charge in [-0.3, -0.25) is 14.5 Å². The summed E-state index contributed by atoms with van der Waals surface area (Å²) in [5, 5.41) is 0. The van der Waals surface area contributed by atoms with Gasteiger partial charge in [-0.25, -0.2) is 0 Å². The molecule has 5 heteroatoms. The molecule has 24 heavy (non-hydrogen) atoms. The molecule has 5 nitrogen and oxygen atoms in total. The fourth-order valence-electron chi connectivity index (χ4n) is 2.79. The van der Waals surface area contributed by atoms with Gasteiger partial charge in [0.25, 0.3) is 11.8 Å². The van der Waals surface area contributed by atoms with Crippen LogP contribution in [0.15, 0.2) is 54.6 Å². The zero-order valence-corrected chi connectivity index (χ0v) is 13.1. The molecule has 2 aromatic carbocycles. The lowest BCUT2D eigenvalue weighted by molar-refractivity contribution is -0.109. The van der Waals surface area contributed by atoms with Crippen molar-refractivity contribution < 1.29 is 19.1 Å². The molecule has 0 saturated heterocycles.